The first kappa shape index (κ1) is 14.9. The summed E-state index contributed by atoms with van der Waals surface area (Å²) < 4.78 is 45.6. The molecule has 5 nitrogen and oxygen atoms in total. The number of nitrogens with two attached hydrogens (primary N) is 1. The summed E-state index contributed by atoms with van der Waals surface area (Å²) in [6.45, 7) is 1.77. The number of pyridine rings is 1. The van der Waals surface area contributed by atoms with Gasteiger partial charge in [-0.25, -0.2) is 4.79 Å². The van der Waals surface area contributed by atoms with Gasteiger partial charge in [0.2, 0.25) is 0 Å². The molecule has 0 fully saturated rings. The Bertz CT molecular complexity index is 686. The molecule has 0 aliphatic rings. The molecule has 0 atom stereocenters. The summed E-state index contributed by atoms with van der Waals surface area (Å²) in [6.07, 6.45) is -3.77. The summed E-state index contributed by atoms with van der Waals surface area (Å²) >= 11 is 0. The van der Waals surface area contributed by atoms with Gasteiger partial charge in [0.25, 0.3) is 0 Å². The molecule has 2 rings (SSSR count). The monoisotopic (exact) mass is 300 g/mol. The average molecular weight is 300 g/mol. The summed E-state index contributed by atoms with van der Waals surface area (Å²) in [4.78, 5) is 15.5. The molecule has 0 saturated carbocycles. The highest BCUT2D eigenvalue weighted by atomic mass is 19.4. The maximum absolute atomic E-state index is 12.3. The van der Waals surface area contributed by atoms with Crippen molar-refractivity contribution < 1.29 is 27.4 Å². The molecular formula is C13H11F3N2O3. The highest BCUT2D eigenvalue weighted by molar-refractivity contribution is 6.05. The molecule has 0 aliphatic heterocycles. The van der Waals surface area contributed by atoms with Crippen molar-refractivity contribution in [1.29, 1.82) is 0 Å². The molecule has 1 aromatic heterocycles. The molecule has 0 saturated heterocycles. The van der Waals surface area contributed by atoms with Crippen LogP contribution in [0.5, 0.6) is 5.75 Å². The lowest BCUT2D eigenvalue weighted by Gasteiger charge is -2.13. The number of halogens is 3. The Kier molecular flexibility index (Phi) is 3.88. The minimum absolute atomic E-state index is 0.00601. The molecule has 0 radical (unpaired) electrons. The fraction of sp³-hybridized carbons (Fsp3) is 0.231. The molecule has 2 aromatic rings. The second-order valence-corrected chi connectivity index (χ2v) is 4.01. The summed E-state index contributed by atoms with van der Waals surface area (Å²) in [5.74, 6) is -1.17. The zero-order chi connectivity index (χ0) is 15.6. The maximum atomic E-state index is 12.3. The number of nitrogens with zero attached hydrogens (tertiary/aromatic N) is 1. The van der Waals surface area contributed by atoms with E-state index in [-0.39, 0.29) is 28.8 Å². The number of fused-ring (bicyclic) bond motifs is 1. The predicted octanol–water partition coefficient (Wildman–Crippen LogP) is 2.89. The number of para-hydroxylation sites is 1. The smallest absolute Gasteiger partial charge is 0.462 e. The van der Waals surface area contributed by atoms with Crippen LogP contribution < -0.4 is 10.5 Å². The Balaban J connectivity index is 2.55. The van der Waals surface area contributed by atoms with Crippen molar-refractivity contribution in [2.75, 3.05) is 12.3 Å². The number of hydrogen-bond donors (Lipinski definition) is 1. The van der Waals surface area contributed by atoms with Crippen LogP contribution >= 0.6 is 0 Å². The van der Waals surface area contributed by atoms with Crippen LogP contribution in [0, 0.1) is 0 Å². The van der Waals surface area contributed by atoms with Crippen molar-refractivity contribution >= 4 is 22.6 Å². The highest BCUT2D eigenvalue weighted by Crippen LogP contribution is 2.33. The van der Waals surface area contributed by atoms with Gasteiger partial charge in [0.15, 0.2) is 5.75 Å². The van der Waals surface area contributed by atoms with Gasteiger partial charge >= 0.3 is 12.3 Å². The topological polar surface area (TPSA) is 74.4 Å². The summed E-state index contributed by atoms with van der Waals surface area (Å²) in [6, 6.07) is 3.90. The third-order valence-electron chi connectivity index (χ3n) is 2.62. The van der Waals surface area contributed by atoms with Gasteiger partial charge in [-0.1, -0.05) is 12.1 Å². The van der Waals surface area contributed by atoms with Crippen LogP contribution in [0.4, 0.5) is 18.9 Å². The standard InChI is InChI=1S/C13H11F3N2O3/c1-2-20-12(19)8-6-18-11-7(10(8)17)4-3-5-9(11)21-13(14,15)16/h3-6H,2H2,1H3,(H2,17,18). The molecule has 8 heteroatoms. The second-order valence-electron chi connectivity index (χ2n) is 4.01. The van der Waals surface area contributed by atoms with Gasteiger partial charge in [-0.3, -0.25) is 4.98 Å². The van der Waals surface area contributed by atoms with Crippen molar-refractivity contribution in [1.82, 2.24) is 4.98 Å². The van der Waals surface area contributed by atoms with Gasteiger partial charge < -0.3 is 15.2 Å². The van der Waals surface area contributed by atoms with Crippen LogP contribution in [-0.4, -0.2) is 23.9 Å². The van der Waals surface area contributed by atoms with Crippen LogP contribution in [-0.2, 0) is 4.74 Å². The molecule has 0 aliphatic carbocycles. The van der Waals surface area contributed by atoms with Crippen LogP contribution in [0.2, 0.25) is 0 Å². The number of aromatic nitrogens is 1. The van der Waals surface area contributed by atoms with E-state index in [1.54, 1.807) is 6.92 Å². The second kappa shape index (κ2) is 5.47. The van der Waals surface area contributed by atoms with Gasteiger partial charge in [0, 0.05) is 11.6 Å². The van der Waals surface area contributed by atoms with Gasteiger partial charge in [-0.05, 0) is 13.0 Å². The molecule has 1 heterocycles. The summed E-state index contributed by atoms with van der Waals surface area (Å²) in [5.41, 5.74) is 5.71. The van der Waals surface area contributed by atoms with Gasteiger partial charge in [-0.15, -0.1) is 13.2 Å². The summed E-state index contributed by atoms with van der Waals surface area (Å²) in [7, 11) is 0. The first-order valence-corrected chi connectivity index (χ1v) is 5.93. The number of nitrogen functional groups attached to an aromatic ring is 1. The molecule has 0 unspecified atom stereocenters. The number of ether oxygens (including phenoxy) is 2. The van der Waals surface area contributed by atoms with E-state index in [9.17, 15) is 18.0 Å². The van der Waals surface area contributed by atoms with E-state index in [4.69, 9.17) is 10.5 Å². The SMILES string of the molecule is CCOC(=O)c1cnc2c(OC(F)(F)F)cccc2c1N. The zero-order valence-corrected chi connectivity index (χ0v) is 10.9. The van der Waals surface area contributed by atoms with E-state index in [1.165, 1.54) is 12.1 Å². The molecule has 2 N–H and O–H groups in total. The third kappa shape index (κ3) is 3.15. The number of rotatable bonds is 3. The molecule has 1 aromatic carbocycles. The first-order chi connectivity index (χ1) is 9.83. The Morgan fingerprint density at radius 2 is 2.10 bits per heavy atom. The molecule has 112 valence electrons. The minimum atomic E-state index is -4.84. The van der Waals surface area contributed by atoms with Crippen molar-refractivity contribution in [3.05, 3.63) is 30.0 Å². The zero-order valence-electron chi connectivity index (χ0n) is 10.9. The van der Waals surface area contributed by atoms with Crippen molar-refractivity contribution in [2.45, 2.75) is 13.3 Å². The third-order valence-corrected chi connectivity index (χ3v) is 2.62. The first-order valence-electron chi connectivity index (χ1n) is 5.93. The van der Waals surface area contributed by atoms with E-state index >= 15 is 0 Å². The summed E-state index contributed by atoms with van der Waals surface area (Å²) in [5, 5.41) is 0.183. The number of esters is 1. The number of carbonyl (C=O) groups excluding carboxylic acids is 1. The number of benzene rings is 1. The maximum Gasteiger partial charge on any atom is 0.573 e. The Morgan fingerprint density at radius 1 is 1.38 bits per heavy atom. The Labute approximate surface area is 117 Å². The minimum Gasteiger partial charge on any atom is -0.462 e. The number of alkyl halides is 3. The average Bonchev–Trinajstić information content (AvgIpc) is 2.38. The van der Waals surface area contributed by atoms with Gasteiger partial charge in [0.05, 0.1) is 12.3 Å². The number of hydrogen-bond acceptors (Lipinski definition) is 5. The van der Waals surface area contributed by atoms with Crippen molar-refractivity contribution in [3.63, 3.8) is 0 Å². The molecule has 0 spiro atoms. The van der Waals surface area contributed by atoms with Crippen LogP contribution in [0.25, 0.3) is 10.9 Å². The Hall–Kier alpha value is -2.51. The quantitative estimate of drug-likeness (QED) is 0.882. The predicted molar refractivity (Wildman–Crippen MR) is 68.8 cm³/mol. The van der Waals surface area contributed by atoms with E-state index in [0.717, 1.165) is 12.3 Å². The molecule has 0 amide bonds. The fourth-order valence-electron chi connectivity index (χ4n) is 1.80. The fourth-order valence-corrected chi connectivity index (χ4v) is 1.80. The largest absolute Gasteiger partial charge is 0.573 e. The van der Waals surface area contributed by atoms with Crippen molar-refractivity contribution in [3.8, 4) is 5.75 Å². The van der Waals surface area contributed by atoms with Crippen LogP contribution in [0.15, 0.2) is 24.4 Å². The molecule has 21 heavy (non-hydrogen) atoms. The lowest BCUT2D eigenvalue weighted by Crippen LogP contribution is -2.17. The molecule has 0 bridgehead atoms. The molecular weight excluding hydrogens is 289 g/mol. The number of anilines is 1. The Morgan fingerprint density at radius 3 is 2.71 bits per heavy atom. The highest BCUT2D eigenvalue weighted by Gasteiger charge is 2.32. The lowest BCUT2D eigenvalue weighted by molar-refractivity contribution is -0.274. The van der Waals surface area contributed by atoms with Gasteiger partial charge in [0.1, 0.15) is 11.1 Å². The van der Waals surface area contributed by atoms with E-state index in [1.807, 2.05) is 0 Å². The van der Waals surface area contributed by atoms with E-state index in [0.29, 0.717) is 0 Å². The van der Waals surface area contributed by atoms with E-state index in [2.05, 4.69) is 9.72 Å². The van der Waals surface area contributed by atoms with Crippen LogP contribution in [0.3, 0.4) is 0 Å². The van der Waals surface area contributed by atoms with Crippen molar-refractivity contribution in [2.24, 2.45) is 0 Å². The van der Waals surface area contributed by atoms with Crippen LogP contribution in [0.1, 0.15) is 17.3 Å². The normalized spacial score (nSPS) is 11.4. The lowest BCUT2D eigenvalue weighted by atomic mass is 10.1. The van der Waals surface area contributed by atoms with E-state index < -0.39 is 18.1 Å². The number of carbonyl (C=O) groups is 1. The van der Waals surface area contributed by atoms with Gasteiger partial charge in [-0.2, -0.15) is 0 Å².